The van der Waals surface area contributed by atoms with Gasteiger partial charge in [0, 0.05) is 13.1 Å². The molecule has 0 saturated carbocycles. The maximum Gasteiger partial charge on any atom is 0.119 e. The highest BCUT2D eigenvalue weighted by Gasteiger charge is 1.95. The van der Waals surface area contributed by atoms with Gasteiger partial charge in [-0.05, 0) is 38.0 Å². The zero-order chi connectivity index (χ0) is 13.2. The molecule has 1 rings (SSSR count). The Bertz CT molecular complexity index is 350. The van der Waals surface area contributed by atoms with Crippen LogP contribution in [0.25, 0.3) is 0 Å². The molecule has 1 aromatic carbocycles. The summed E-state index contributed by atoms with van der Waals surface area (Å²) in [7, 11) is 0. The van der Waals surface area contributed by atoms with Gasteiger partial charge < -0.3 is 10.1 Å². The van der Waals surface area contributed by atoms with Crippen LogP contribution < -0.4 is 10.1 Å². The van der Waals surface area contributed by atoms with Gasteiger partial charge in [0.05, 0.1) is 6.61 Å². The van der Waals surface area contributed by atoms with Gasteiger partial charge in [0.1, 0.15) is 5.75 Å². The summed E-state index contributed by atoms with van der Waals surface area (Å²) in [6.45, 7) is 9.05. The zero-order valence-corrected chi connectivity index (χ0v) is 11.8. The van der Waals surface area contributed by atoms with Crippen LogP contribution in [0.4, 0.5) is 0 Å². The first-order valence-electron chi connectivity index (χ1n) is 6.78. The number of nitrogens with one attached hydrogen (secondary N) is 1. The summed E-state index contributed by atoms with van der Waals surface area (Å²) >= 11 is 0. The first-order chi connectivity index (χ1) is 8.72. The summed E-state index contributed by atoms with van der Waals surface area (Å²) < 4.78 is 5.63. The SMILES string of the molecule is CCCCOc1ccc(CNCC=C(C)C)cc1. The second kappa shape index (κ2) is 8.76. The summed E-state index contributed by atoms with van der Waals surface area (Å²) in [6, 6.07) is 8.34. The Hall–Kier alpha value is -1.28. The Morgan fingerprint density at radius 2 is 1.94 bits per heavy atom. The molecule has 0 aromatic heterocycles. The molecule has 1 N–H and O–H groups in total. The molecule has 2 heteroatoms. The topological polar surface area (TPSA) is 21.3 Å². The summed E-state index contributed by atoms with van der Waals surface area (Å²) in [5.41, 5.74) is 2.64. The minimum Gasteiger partial charge on any atom is -0.494 e. The van der Waals surface area contributed by atoms with Crippen LogP contribution in [-0.4, -0.2) is 13.2 Å². The molecule has 0 bridgehead atoms. The van der Waals surface area contributed by atoms with E-state index >= 15 is 0 Å². The van der Waals surface area contributed by atoms with Crippen LogP contribution in [0.1, 0.15) is 39.2 Å². The highest BCUT2D eigenvalue weighted by molar-refractivity contribution is 5.27. The average Bonchev–Trinajstić information content (AvgIpc) is 2.36. The van der Waals surface area contributed by atoms with Crippen LogP contribution in [0.3, 0.4) is 0 Å². The molecular formula is C16H25NO. The lowest BCUT2D eigenvalue weighted by Crippen LogP contribution is -2.12. The molecule has 2 nitrogen and oxygen atoms in total. The maximum absolute atomic E-state index is 5.63. The van der Waals surface area contributed by atoms with Crippen molar-refractivity contribution in [2.24, 2.45) is 0 Å². The van der Waals surface area contributed by atoms with Crippen LogP contribution >= 0.6 is 0 Å². The van der Waals surface area contributed by atoms with E-state index in [-0.39, 0.29) is 0 Å². The number of hydrogen-bond acceptors (Lipinski definition) is 2. The largest absolute Gasteiger partial charge is 0.494 e. The summed E-state index contributed by atoms with van der Waals surface area (Å²) in [6.07, 6.45) is 4.49. The first-order valence-corrected chi connectivity index (χ1v) is 6.78. The molecule has 100 valence electrons. The Labute approximate surface area is 111 Å². The van der Waals surface area contributed by atoms with Crippen molar-refractivity contribution >= 4 is 0 Å². The molecule has 0 fully saturated rings. The van der Waals surface area contributed by atoms with Crippen LogP contribution in [-0.2, 0) is 6.54 Å². The lowest BCUT2D eigenvalue weighted by molar-refractivity contribution is 0.309. The van der Waals surface area contributed by atoms with Crippen molar-refractivity contribution in [3.8, 4) is 5.75 Å². The predicted molar refractivity (Wildman–Crippen MR) is 78.0 cm³/mol. The van der Waals surface area contributed by atoms with Crippen molar-refractivity contribution in [2.45, 2.75) is 40.2 Å². The Morgan fingerprint density at radius 1 is 1.22 bits per heavy atom. The molecule has 18 heavy (non-hydrogen) atoms. The van der Waals surface area contributed by atoms with Gasteiger partial charge in [-0.1, -0.05) is 37.1 Å². The van der Waals surface area contributed by atoms with Crippen molar-refractivity contribution in [2.75, 3.05) is 13.2 Å². The van der Waals surface area contributed by atoms with Gasteiger partial charge >= 0.3 is 0 Å². The lowest BCUT2D eigenvalue weighted by atomic mass is 10.2. The molecule has 0 amide bonds. The number of unbranched alkanes of at least 4 members (excludes halogenated alkanes) is 1. The number of ether oxygens (including phenoxy) is 1. The van der Waals surface area contributed by atoms with E-state index in [4.69, 9.17) is 4.74 Å². The van der Waals surface area contributed by atoms with Gasteiger partial charge in [0.15, 0.2) is 0 Å². The number of rotatable bonds is 8. The molecule has 0 radical (unpaired) electrons. The molecule has 0 atom stereocenters. The van der Waals surface area contributed by atoms with Gasteiger partial charge in [-0.3, -0.25) is 0 Å². The van der Waals surface area contributed by atoms with Gasteiger partial charge in [0.25, 0.3) is 0 Å². The third-order valence-electron chi connectivity index (χ3n) is 2.67. The van der Waals surface area contributed by atoms with Gasteiger partial charge in [-0.15, -0.1) is 0 Å². The molecule has 0 aliphatic heterocycles. The van der Waals surface area contributed by atoms with Crippen molar-refractivity contribution in [3.05, 3.63) is 41.5 Å². The standard InChI is InChI=1S/C16H25NO/c1-4-5-12-18-16-8-6-15(7-9-16)13-17-11-10-14(2)3/h6-10,17H,4-5,11-13H2,1-3H3. The fourth-order valence-corrected chi connectivity index (χ4v) is 1.53. The van der Waals surface area contributed by atoms with Crippen LogP contribution in [0.5, 0.6) is 5.75 Å². The number of benzene rings is 1. The second-order valence-electron chi connectivity index (χ2n) is 4.76. The second-order valence-corrected chi connectivity index (χ2v) is 4.76. The van der Waals surface area contributed by atoms with Crippen LogP contribution in [0.15, 0.2) is 35.9 Å². The summed E-state index contributed by atoms with van der Waals surface area (Å²) in [5.74, 6) is 0.969. The number of hydrogen-bond donors (Lipinski definition) is 1. The first kappa shape index (κ1) is 14.8. The van der Waals surface area contributed by atoms with E-state index in [1.54, 1.807) is 0 Å². The van der Waals surface area contributed by atoms with E-state index in [2.05, 4.69) is 44.3 Å². The maximum atomic E-state index is 5.63. The monoisotopic (exact) mass is 247 g/mol. The highest BCUT2D eigenvalue weighted by Crippen LogP contribution is 2.12. The minimum atomic E-state index is 0.814. The van der Waals surface area contributed by atoms with E-state index in [1.165, 1.54) is 17.6 Å². The fourth-order valence-electron chi connectivity index (χ4n) is 1.53. The Balaban J connectivity index is 2.29. The smallest absolute Gasteiger partial charge is 0.119 e. The van der Waals surface area contributed by atoms with Crippen LogP contribution in [0.2, 0.25) is 0 Å². The van der Waals surface area contributed by atoms with E-state index in [1.807, 2.05) is 12.1 Å². The summed E-state index contributed by atoms with van der Waals surface area (Å²) in [5, 5.41) is 3.39. The van der Waals surface area contributed by atoms with E-state index in [0.717, 1.165) is 31.9 Å². The fraction of sp³-hybridized carbons (Fsp3) is 0.500. The van der Waals surface area contributed by atoms with Crippen LogP contribution in [0, 0.1) is 0 Å². The highest BCUT2D eigenvalue weighted by atomic mass is 16.5. The normalized spacial score (nSPS) is 10.2. The van der Waals surface area contributed by atoms with Crippen molar-refractivity contribution < 1.29 is 4.74 Å². The third-order valence-corrected chi connectivity index (χ3v) is 2.67. The molecule has 0 aliphatic rings. The molecule has 0 unspecified atom stereocenters. The predicted octanol–water partition coefficient (Wildman–Crippen LogP) is 3.92. The minimum absolute atomic E-state index is 0.814. The van der Waals surface area contributed by atoms with E-state index < -0.39 is 0 Å². The molecular weight excluding hydrogens is 222 g/mol. The van der Waals surface area contributed by atoms with E-state index in [0.29, 0.717) is 0 Å². The summed E-state index contributed by atoms with van der Waals surface area (Å²) in [4.78, 5) is 0. The Morgan fingerprint density at radius 3 is 2.56 bits per heavy atom. The van der Waals surface area contributed by atoms with Crippen molar-refractivity contribution in [1.82, 2.24) is 5.32 Å². The molecule has 0 spiro atoms. The molecule has 0 heterocycles. The number of allylic oxidation sites excluding steroid dienone is 1. The van der Waals surface area contributed by atoms with E-state index in [9.17, 15) is 0 Å². The third kappa shape index (κ3) is 6.45. The van der Waals surface area contributed by atoms with Gasteiger partial charge in [0.2, 0.25) is 0 Å². The Kier molecular flexibility index (Phi) is 7.19. The van der Waals surface area contributed by atoms with Crippen molar-refractivity contribution in [3.63, 3.8) is 0 Å². The lowest BCUT2D eigenvalue weighted by Gasteiger charge is -2.07. The quantitative estimate of drug-likeness (QED) is 0.555. The van der Waals surface area contributed by atoms with Crippen molar-refractivity contribution in [1.29, 1.82) is 0 Å². The zero-order valence-electron chi connectivity index (χ0n) is 11.8. The van der Waals surface area contributed by atoms with Gasteiger partial charge in [-0.2, -0.15) is 0 Å². The molecule has 1 aromatic rings. The molecule has 0 saturated heterocycles. The average molecular weight is 247 g/mol. The molecule has 0 aliphatic carbocycles. The van der Waals surface area contributed by atoms with Gasteiger partial charge in [-0.25, -0.2) is 0 Å².